The largest absolute Gasteiger partial charge is 0.467 e. The number of rotatable bonds is 8. The van der Waals surface area contributed by atoms with E-state index in [1.807, 2.05) is 6.92 Å². The molecular formula is C16H25NO4. The van der Waals surface area contributed by atoms with Gasteiger partial charge in [-0.15, -0.1) is 0 Å². The smallest absolute Gasteiger partial charge is 0.226 e. The molecule has 1 atom stereocenters. The molecule has 1 aromatic heterocycles. The average Bonchev–Trinajstić information content (AvgIpc) is 3.16. The van der Waals surface area contributed by atoms with Crippen molar-refractivity contribution in [2.75, 3.05) is 19.8 Å². The standard InChI is InChI=1S/C16H25NO4/c1-2-20-11-9-16(7-3-4-8-16)15(19)17-12-13(18)14-6-5-10-21-14/h5-6,10,13,18H,2-4,7-9,11-12H2,1H3,(H,17,19). The highest BCUT2D eigenvalue weighted by Crippen LogP contribution is 2.41. The van der Waals surface area contributed by atoms with Crippen molar-refractivity contribution < 1.29 is 19.1 Å². The maximum atomic E-state index is 12.5. The summed E-state index contributed by atoms with van der Waals surface area (Å²) >= 11 is 0. The first kappa shape index (κ1) is 16.0. The van der Waals surface area contributed by atoms with Crippen molar-refractivity contribution in [1.29, 1.82) is 0 Å². The summed E-state index contributed by atoms with van der Waals surface area (Å²) in [4.78, 5) is 12.5. The van der Waals surface area contributed by atoms with E-state index in [1.165, 1.54) is 6.26 Å². The predicted octanol–water partition coefficient (Wildman–Crippen LogP) is 2.42. The lowest BCUT2D eigenvalue weighted by atomic mass is 9.82. The Morgan fingerprint density at radius 1 is 1.52 bits per heavy atom. The van der Waals surface area contributed by atoms with Gasteiger partial charge in [0.25, 0.3) is 0 Å². The minimum absolute atomic E-state index is 0.0327. The van der Waals surface area contributed by atoms with Crippen molar-refractivity contribution in [2.45, 2.75) is 45.1 Å². The van der Waals surface area contributed by atoms with Crippen LogP contribution in [-0.2, 0) is 9.53 Å². The molecule has 0 aromatic carbocycles. The Morgan fingerprint density at radius 3 is 2.90 bits per heavy atom. The summed E-state index contributed by atoms with van der Waals surface area (Å²) in [5, 5.41) is 12.8. The molecule has 1 aliphatic rings. The molecule has 21 heavy (non-hydrogen) atoms. The first-order valence-electron chi connectivity index (χ1n) is 7.75. The van der Waals surface area contributed by atoms with Crippen LogP contribution < -0.4 is 5.32 Å². The van der Waals surface area contributed by atoms with E-state index in [4.69, 9.17) is 9.15 Å². The summed E-state index contributed by atoms with van der Waals surface area (Å²) in [7, 11) is 0. The van der Waals surface area contributed by atoms with Gasteiger partial charge in [0, 0.05) is 13.2 Å². The number of aliphatic hydroxyl groups excluding tert-OH is 1. The van der Waals surface area contributed by atoms with Crippen LogP contribution in [0, 0.1) is 5.41 Å². The monoisotopic (exact) mass is 295 g/mol. The van der Waals surface area contributed by atoms with Crippen molar-refractivity contribution in [2.24, 2.45) is 5.41 Å². The maximum absolute atomic E-state index is 12.5. The van der Waals surface area contributed by atoms with E-state index < -0.39 is 6.10 Å². The molecule has 0 radical (unpaired) electrons. The molecule has 0 spiro atoms. The van der Waals surface area contributed by atoms with Gasteiger partial charge < -0.3 is 19.6 Å². The number of aliphatic hydroxyl groups is 1. The van der Waals surface area contributed by atoms with Crippen molar-refractivity contribution in [3.63, 3.8) is 0 Å². The van der Waals surface area contributed by atoms with Gasteiger partial charge in [0.1, 0.15) is 11.9 Å². The third kappa shape index (κ3) is 4.08. The van der Waals surface area contributed by atoms with Gasteiger partial charge in [0.05, 0.1) is 18.2 Å². The highest BCUT2D eigenvalue weighted by molar-refractivity contribution is 5.82. The zero-order chi connectivity index (χ0) is 15.1. The average molecular weight is 295 g/mol. The van der Waals surface area contributed by atoms with E-state index in [9.17, 15) is 9.90 Å². The van der Waals surface area contributed by atoms with Gasteiger partial charge in [-0.3, -0.25) is 4.79 Å². The van der Waals surface area contributed by atoms with Crippen LogP contribution in [0.25, 0.3) is 0 Å². The molecule has 1 fully saturated rings. The van der Waals surface area contributed by atoms with Crippen LogP contribution in [0.4, 0.5) is 0 Å². The Bertz CT molecular complexity index is 423. The second kappa shape index (κ2) is 7.61. The van der Waals surface area contributed by atoms with E-state index in [-0.39, 0.29) is 17.9 Å². The minimum atomic E-state index is -0.797. The molecule has 1 amide bonds. The lowest BCUT2D eigenvalue weighted by molar-refractivity contribution is -0.132. The minimum Gasteiger partial charge on any atom is -0.467 e. The van der Waals surface area contributed by atoms with Crippen molar-refractivity contribution in [1.82, 2.24) is 5.32 Å². The molecule has 1 saturated carbocycles. The normalized spacial score (nSPS) is 18.6. The number of carbonyl (C=O) groups is 1. The summed E-state index contributed by atoms with van der Waals surface area (Å²) in [5.41, 5.74) is -0.321. The summed E-state index contributed by atoms with van der Waals surface area (Å²) in [5.74, 6) is 0.510. The third-order valence-corrected chi connectivity index (χ3v) is 4.30. The number of carbonyl (C=O) groups excluding carboxylic acids is 1. The number of ether oxygens (including phenoxy) is 1. The van der Waals surface area contributed by atoms with Gasteiger partial charge in [-0.2, -0.15) is 0 Å². The van der Waals surface area contributed by atoms with Crippen LogP contribution in [0.5, 0.6) is 0 Å². The summed E-state index contributed by atoms with van der Waals surface area (Å²) < 4.78 is 10.5. The van der Waals surface area contributed by atoms with Crippen LogP contribution in [0.3, 0.4) is 0 Å². The van der Waals surface area contributed by atoms with E-state index >= 15 is 0 Å². The zero-order valence-corrected chi connectivity index (χ0v) is 12.6. The second-order valence-electron chi connectivity index (χ2n) is 5.68. The summed E-state index contributed by atoms with van der Waals surface area (Å²) in [6.07, 6.45) is 5.45. The number of hydrogen-bond acceptors (Lipinski definition) is 4. The molecule has 0 saturated heterocycles. The zero-order valence-electron chi connectivity index (χ0n) is 12.6. The second-order valence-corrected chi connectivity index (χ2v) is 5.68. The lowest BCUT2D eigenvalue weighted by Gasteiger charge is -2.28. The Hall–Kier alpha value is -1.33. The van der Waals surface area contributed by atoms with Gasteiger partial charge in [-0.25, -0.2) is 0 Å². The molecule has 1 unspecified atom stereocenters. The SMILES string of the molecule is CCOCCC1(C(=O)NCC(O)c2ccco2)CCCC1. The first-order chi connectivity index (χ1) is 10.2. The fourth-order valence-electron chi connectivity index (χ4n) is 3.01. The Balaban J connectivity index is 1.86. The number of furan rings is 1. The van der Waals surface area contributed by atoms with Gasteiger partial charge >= 0.3 is 0 Å². The molecule has 118 valence electrons. The van der Waals surface area contributed by atoms with Gasteiger partial charge in [0.15, 0.2) is 0 Å². The maximum Gasteiger partial charge on any atom is 0.226 e. The molecule has 0 bridgehead atoms. The number of amides is 1. The van der Waals surface area contributed by atoms with Gasteiger partial charge in [0.2, 0.25) is 5.91 Å². The molecule has 5 nitrogen and oxygen atoms in total. The van der Waals surface area contributed by atoms with Gasteiger partial charge in [-0.1, -0.05) is 12.8 Å². The predicted molar refractivity (Wildman–Crippen MR) is 78.7 cm³/mol. The van der Waals surface area contributed by atoms with Gasteiger partial charge in [-0.05, 0) is 38.3 Å². The van der Waals surface area contributed by atoms with Crippen molar-refractivity contribution in [3.8, 4) is 0 Å². The quantitative estimate of drug-likeness (QED) is 0.722. The molecule has 5 heteroatoms. The topological polar surface area (TPSA) is 71.7 Å². The Morgan fingerprint density at radius 2 is 2.29 bits per heavy atom. The molecular weight excluding hydrogens is 270 g/mol. The molecule has 1 aliphatic carbocycles. The fraction of sp³-hybridized carbons (Fsp3) is 0.688. The van der Waals surface area contributed by atoms with E-state index in [0.29, 0.717) is 19.0 Å². The fourth-order valence-corrected chi connectivity index (χ4v) is 3.01. The molecule has 1 heterocycles. The van der Waals surface area contributed by atoms with Crippen LogP contribution in [-0.4, -0.2) is 30.8 Å². The van der Waals surface area contributed by atoms with Crippen LogP contribution in [0.15, 0.2) is 22.8 Å². The highest BCUT2D eigenvalue weighted by Gasteiger charge is 2.40. The van der Waals surface area contributed by atoms with Crippen LogP contribution >= 0.6 is 0 Å². The molecule has 2 N–H and O–H groups in total. The Labute approximate surface area is 125 Å². The van der Waals surface area contributed by atoms with Crippen LogP contribution in [0.1, 0.15) is 50.9 Å². The highest BCUT2D eigenvalue weighted by atomic mass is 16.5. The van der Waals surface area contributed by atoms with E-state index in [2.05, 4.69) is 5.32 Å². The number of nitrogens with one attached hydrogen (secondary N) is 1. The van der Waals surface area contributed by atoms with E-state index in [1.54, 1.807) is 12.1 Å². The van der Waals surface area contributed by atoms with Crippen LogP contribution in [0.2, 0.25) is 0 Å². The molecule has 0 aliphatic heterocycles. The third-order valence-electron chi connectivity index (χ3n) is 4.30. The molecule has 1 aromatic rings. The first-order valence-corrected chi connectivity index (χ1v) is 7.75. The van der Waals surface area contributed by atoms with Crippen molar-refractivity contribution in [3.05, 3.63) is 24.2 Å². The number of hydrogen-bond donors (Lipinski definition) is 2. The summed E-state index contributed by atoms with van der Waals surface area (Å²) in [6.45, 7) is 3.43. The lowest BCUT2D eigenvalue weighted by Crippen LogP contribution is -2.41. The van der Waals surface area contributed by atoms with Crippen molar-refractivity contribution >= 4 is 5.91 Å². The van der Waals surface area contributed by atoms with E-state index in [0.717, 1.165) is 32.1 Å². The molecule has 2 rings (SSSR count). The summed E-state index contributed by atoms with van der Waals surface area (Å²) in [6, 6.07) is 3.43. The Kier molecular flexibility index (Phi) is 5.82.